The number of methoxy groups -OCH3 is 1. The quantitative estimate of drug-likeness (QED) is 0.614. The number of carbonyl (C=O) groups is 3. The molecule has 28 heavy (non-hydrogen) atoms. The van der Waals surface area contributed by atoms with Crippen molar-refractivity contribution in [3.05, 3.63) is 71.8 Å². The van der Waals surface area contributed by atoms with E-state index < -0.39 is 18.0 Å². The fraction of sp³-hybridized carbons (Fsp3) is 0.0500. The van der Waals surface area contributed by atoms with Crippen molar-refractivity contribution in [2.75, 3.05) is 12.4 Å². The summed E-state index contributed by atoms with van der Waals surface area (Å²) in [6, 6.07) is 16.8. The number of benzene rings is 2. The van der Waals surface area contributed by atoms with E-state index in [4.69, 9.17) is 4.74 Å². The molecule has 0 atom stereocenters. The first-order valence-corrected chi connectivity index (χ1v) is 8.90. The van der Waals surface area contributed by atoms with Crippen LogP contribution in [0.1, 0.15) is 20.7 Å². The van der Waals surface area contributed by atoms with Crippen LogP contribution in [0.5, 0.6) is 5.06 Å². The number of aromatic carboxylic acids is 1. The summed E-state index contributed by atoms with van der Waals surface area (Å²) in [7, 11) is 1.18. The standard InChI is InChI=1S/C20H15NO6S/c1-26-20(25)27-19-15(11-16(28-19)12-7-3-2-4-8-12)21-17(22)13-9-5-6-10-14(13)18(23)24/h2-11H,1H3,(H,21,22)(H,23,24). The molecule has 3 rings (SSSR count). The van der Waals surface area contributed by atoms with Crippen molar-refractivity contribution in [2.24, 2.45) is 0 Å². The number of amides is 1. The van der Waals surface area contributed by atoms with Crippen molar-refractivity contribution in [2.45, 2.75) is 0 Å². The van der Waals surface area contributed by atoms with Gasteiger partial charge in [0.15, 0.2) is 0 Å². The van der Waals surface area contributed by atoms with Crippen LogP contribution in [-0.4, -0.2) is 30.2 Å². The Balaban J connectivity index is 1.96. The van der Waals surface area contributed by atoms with Gasteiger partial charge in [0.1, 0.15) is 0 Å². The van der Waals surface area contributed by atoms with Gasteiger partial charge in [0.2, 0.25) is 5.06 Å². The number of thiophene rings is 1. The van der Waals surface area contributed by atoms with Gasteiger partial charge < -0.3 is 19.9 Å². The van der Waals surface area contributed by atoms with Crippen LogP contribution >= 0.6 is 11.3 Å². The maximum absolute atomic E-state index is 12.7. The van der Waals surface area contributed by atoms with Crippen LogP contribution in [0, 0.1) is 0 Å². The Morgan fingerprint density at radius 3 is 2.25 bits per heavy atom. The minimum atomic E-state index is -1.22. The number of rotatable bonds is 5. The Morgan fingerprint density at radius 2 is 1.61 bits per heavy atom. The highest BCUT2D eigenvalue weighted by molar-refractivity contribution is 7.18. The third kappa shape index (κ3) is 4.18. The molecule has 0 fully saturated rings. The number of hydrogen-bond donors (Lipinski definition) is 2. The van der Waals surface area contributed by atoms with Gasteiger partial charge in [-0.2, -0.15) is 0 Å². The molecule has 0 unspecified atom stereocenters. The fourth-order valence-electron chi connectivity index (χ4n) is 2.46. The zero-order valence-electron chi connectivity index (χ0n) is 14.7. The van der Waals surface area contributed by atoms with Crippen LogP contribution in [0.3, 0.4) is 0 Å². The number of carboxylic acids is 1. The van der Waals surface area contributed by atoms with Gasteiger partial charge in [0.25, 0.3) is 5.91 Å². The Morgan fingerprint density at radius 1 is 0.964 bits per heavy atom. The van der Waals surface area contributed by atoms with Gasteiger partial charge in [-0.05, 0) is 23.8 Å². The van der Waals surface area contributed by atoms with E-state index >= 15 is 0 Å². The molecule has 3 aromatic rings. The van der Waals surface area contributed by atoms with E-state index in [9.17, 15) is 19.5 Å². The van der Waals surface area contributed by atoms with Gasteiger partial charge in [-0.1, -0.05) is 53.8 Å². The first kappa shape index (κ1) is 19.1. The molecule has 0 spiro atoms. The lowest BCUT2D eigenvalue weighted by Gasteiger charge is -2.08. The van der Waals surface area contributed by atoms with Crippen LogP contribution < -0.4 is 10.1 Å². The lowest BCUT2D eigenvalue weighted by atomic mass is 10.1. The van der Waals surface area contributed by atoms with Crippen molar-refractivity contribution in [1.82, 2.24) is 0 Å². The number of carbonyl (C=O) groups excluding carboxylic acids is 2. The van der Waals surface area contributed by atoms with Gasteiger partial charge >= 0.3 is 12.1 Å². The zero-order valence-corrected chi connectivity index (χ0v) is 15.5. The van der Waals surface area contributed by atoms with Crippen LogP contribution in [0.25, 0.3) is 10.4 Å². The third-order valence-electron chi connectivity index (χ3n) is 3.75. The second-order valence-corrected chi connectivity index (χ2v) is 6.55. The van der Waals surface area contributed by atoms with Gasteiger partial charge in [0, 0.05) is 4.88 Å². The average Bonchev–Trinajstić information content (AvgIpc) is 3.10. The molecule has 0 bridgehead atoms. The first-order valence-electron chi connectivity index (χ1n) is 8.08. The number of hydrogen-bond acceptors (Lipinski definition) is 6. The predicted molar refractivity (Wildman–Crippen MR) is 104 cm³/mol. The molecular formula is C20H15NO6S. The van der Waals surface area contributed by atoms with E-state index in [1.54, 1.807) is 12.1 Å². The molecule has 7 nitrogen and oxygen atoms in total. The second-order valence-electron chi connectivity index (χ2n) is 5.54. The van der Waals surface area contributed by atoms with Crippen molar-refractivity contribution in [1.29, 1.82) is 0 Å². The minimum Gasteiger partial charge on any atom is -0.478 e. The van der Waals surface area contributed by atoms with E-state index in [2.05, 4.69) is 10.1 Å². The van der Waals surface area contributed by atoms with Crippen molar-refractivity contribution in [3.63, 3.8) is 0 Å². The van der Waals surface area contributed by atoms with Gasteiger partial charge in [-0.3, -0.25) is 4.79 Å². The van der Waals surface area contributed by atoms with Gasteiger partial charge in [-0.25, -0.2) is 9.59 Å². The molecule has 2 aromatic carbocycles. The van der Waals surface area contributed by atoms with Crippen LogP contribution in [0.15, 0.2) is 60.7 Å². The highest BCUT2D eigenvalue weighted by Gasteiger charge is 2.21. The summed E-state index contributed by atoms with van der Waals surface area (Å²) in [5, 5.41) is 12.0. The first-order chi connectivity index (χ1) is 13.5. The largest absolute Gasteiger partial charge is 0.514 e. The van der Waals surface area contributed by atoms with Crippen LogP contribution in [0.2, 0.25) is 0 Å². The van der Waals surface area contributed by atoms with Gasteiger partial charge in [-0.15, -0.1) is 0 Å². The smallest absolute Gasteiger partial charge is 0.478 e. The van der Waals surface area contributed by atoms with Crippen LogP contribution in [-0.2, 0) is 4.74 Å². The highest BCUT2D eigenvalue weighted by Crippen LogP contribution is 2.41. The van der Waals surface area contributed by atoms with E-state index in [1.807, 2.05) is 30.3 Å². The molecule has 0 saturated carbocycles. The molecule has 1 amide bonds. The molecule has 0 aliphatic rings. The van der Waals surface area contributed by atoms with Crippen molar-refractivity contribution >= 4 is 35.1 Å². The Hall–Kier alpha value is -3.65. The van der Waals surface area contributed by atoms with Crippen molar-refractivity contribution < 1.29 is 29.0 Å². The summed E-state index contributed by atoms with van der Waals surface area (Å²) in [4.78, 5) is 36.3. The molecule has 1 heterocycles. The monoisotopic (exact) mass is 397 g/mol. The van der Waals surface area contributed by atoms with Crippen molar-refractivity contribution in [3.8, 4) is 15.5 Å². The van der Waals surface area contributed by atoms with E-state index in [1.165, 1.54) is 25.3 Å². The number of ether oxygens (including phenoxy) is 2. The lowest BCUT2D eigenvalue weighted by Crippen LogP contribution is -2.17. The SMILES string of the molecule is COC(=O)Oc1sc(-c2ccccc2)cc1NC(=O)c1ccccc1C(=O)O. The van der Waals surface area contributed by atoms with Gasteiger partial charge in [0.05, 0.1) is 23.9 Å². The third-order valence-corrected chi connectivity index (χ3v) is 4.81. The Labute approximate surface area is 164 Å². The maximum Gasteiger partial charge on any atom is 0.514 e. The molecule has 8 heteroatoms. The molecule has 2 N–H and O–H groups in total. The number of anilines is 1. The lowest BCUT2D eigenvalue weighted by molar-refractivity contribution is 0.0692. The Kier molecular flexibility index (Phi) is 5.71. The molecule has 0 saturated heterocycles. The molecule has 0 aliphatic carbocycles. The average molecular weight is 397 g/mol. The van der Waals surface area contributed by atoms with E-state index in [0.717, 1.165) is 21.8 Å². The summed E-state index contributed by atoms with van der Waals surface area (Å²) in [6.45, 7) is 0. The topological polar surface area (TPSA) is 102 Å². The zero-order chi connectivity index (χ0) is 20.1. The highest BCUT2D eigenvalue weighted by atomic mass is 32.1. The fourth-order valence-corrected chi connectivity index (χ4v) is 3.42. The normalized spacial score (nSPS) is 10.2. The second kappa shape index (κ2) is 8.36. The molecule has 0 aliphatic heterocycles. The summed E-state index contributed by atoms with van der Waals surface area (Å²) in [5.74, 6) is -1.85. The molecular weight excluding hydrogens is 382 g/mol. The maximum atomic E-state index is 12.7. The minimum absolute atomic E-state index is 0.00789. The Bertz CT molecular complexity index is 1030. The summed E-state index contributed by atoms with van der Waals surface area (Å²) >= 11 is 1.15. The summed E-state index contributed by atoms with van der Waals surface area (Å²) in [5.41, 5.74) is 0.966. The van der Waals surface area contributed by atoms with E-state index in [-0.39, 0.29) is 21.9 Å². The summed E-state index contributed by atoms with van der Waals surface area (Å²) < 4.78 is 9.66. The van der Waals surface area contributed by atoms with Crippen LogP contribution in [0.4, 0.5) is 10.5 Å². The summed E-state index contributed by atoms with van der Waals surface area (Å²) in [6.07, 6.45) is -0.928. The number of carboxylic acid groups (broad SMARTS) is 1. The molecule has 142 valence electrons. The number of nitrogens with one attached hydrogen (secondary N) is 1. The predicted octanol–water partition coefficient (Wildman–Crippen LogP) is 4.51. The van der Waals surface area contributed by atoms with E-state index in [0.29, 0.717) is 0 Å². The molecule has 0 radical (unpaired) electrons. The molecule has 1 aromatic heterocycles.